The van der Waals surface area contributed by atoms with Crippen molar-refractivity contribution in [2.24, 2.45) is 0 Å². The number of hydrogen-bond acceptors (Lipinski definition) is 6. The van der Waals surface area contributed by atoms with Crippen molar-refractivity contribution in [3.8, 4) is 0 Å². The maximum absolute atomic E-state index is 12.3. The van der Waals surface area contributed by atoms with Gasteiger partial charge in [0.15, 0.2) is 0 Å². The van der Waals surface area contributed by atoms with Gasteiger partial charge in [0.1, 0.15) is 18.8 Å². The Morgan fingerprint density at radius 2 is 2.06 bits per heavy atom. The zero-order chi connectivity index (χ0) is 24.4. The maximum atomic E-state index is 12.3. The SMILES string of the molecule is CS(=O)(=O)Nc1ccc2c(c1)c(CCCNC(=O)CC(F)(F)F)cn2C1CC(O)C(CO)O1. The molecule has 1 fully saturated rings. The van der Waals surface area contributed by atoms with Crippen LogP contribution < -0.4 is 10.0 Å². The first kappa shape index (κ1) is 25.3. The van der Waals surface area contributed by atoms with Crippen molar-refractivity contribution in [1.29, 1.82) is 0 Å². The van der Waals surface area contributed by atoms with Crippen molar-refractivity contribution >= 4 is 32.5 Å². The van der Waals surface area contributed by atoms with Crippen LogP contribution in [0.5, 0.6) is 0 Å². The van der Waals surface area contributed by atoms with Crippen molar-refractivity contribution < 1.29 is 41.3 Å². The smallest absolute Gasteiger partial charge is 0.394 e. The van der Waals surface area contributed by atoms with Gasteiger partial charge in [0.25, 0.3) is 0 Å². The van der Waals surface area contributed by atoms with E-state index in [1.54, 1.807) is 29.0 Å². The number of ether oxygens (including phenoxy) is 1. The summed E-state index contributed by atoms with van der Waals surface area (Å²) in [5.41, 5.74) is 1.79. The van der Waals surface area contributed by atoms with Gasteiger partial charge in [-0.25, -0.2) is 8.42 Å². The molecule has 1 aliphatic rings. The molecule has 1 aromatic carbocycles. The van der Waals surface area contributed by atoms with Gasteiger partial charge in [0.2, 0.25) is 15.9 Å². The molecule has 2 heterocycles. The van der Waals surface area contributed by atoms with Gasteiger partial charge in [-0.05, 0) is 36.6 Å². The van der Waals surface area contributed by atoms with Gasteiger partial charge in [-0.2, -0.15) is 13.2 Å². The van der Waals surface area contributed by atoms with Crippen molar-refractivity contribution in [2.75, 3.05) is 24.1 Å². The summed E-state index contributed by atoms with van der Waals surface area (Å²) in [5.74, 6) is -1.10. The van der Waals surface area contributed by atoms with Crippen molar-refractivity contribution in [3.05, 3.63) is 30.0 Å². The Hall–Kier alpha value is -2.35. The lowest BCUT2D eigenvalue weighted by Gasteiger charge is -2.15. The number of benzene rings is 1. The van der Waals surface area contributed by atoms with Gasteiger partial charge in [-0.15, -0.1) is 0 Å². The number of aliphatic hydroxyl groups is 2. The van der Waals surface area contributed by atoms with Crippen LogP contribution in [0, 0.1) is 0 Å². The molecular weight excluding hydrogens is 467 g/mol. The lowest BCUT2D eigenvalue weighted by molar-refractivity contribution is -0.153. The summed E-state index contributed by atoms with van der Waals surface area (Å²) in [6.07, 6.45) is -4.49. The summed E-state index contributed by atoms with van der Waals surface area (Å²) >= 11 is 0. The molecule has 0 radical (unpaired) electrons. The standard InChI is InChI=1S/C20H26F3N3O6S/c1-33(30,31)25-13-4-5-15-14(7-13)12(3-2-6-24-18(29)9-20(21,22)23)10-26(15)19-8-16(28)17(11-27)32-19/h4-5,7,10,16-17,19,25,27-28H,2-3,6,8-9,11H2,1H3,(H,24,29). The molecule has 184 valence electrons. The first-order valence-electron chi connectivity index (χ1n) is 10.3. The third kappa shape index (κ3) is 6.82. The first-order valence-corrected chi connectivity index (χ1v) is 12.1. The molecule has 0 bridgehead atoms. The van der Waals surface area contributed by atoms with E-state index >= 15 is 0 Å². The van der Waals surface area contributed by atoms with Crippen LogP contribution in [0.4, 0.5) is 18.9 Å². The van der Waals surface area contributed by atoms with Crippen LogP contribution in [0.15, 0.2) is 24.4 Å². The number of aliphatic hydroxyl groups excluding tert-OH is 2. The Morgan fingerprint density at radius 3 is 2.67 bits per heavy atom. The summed E-state index contributed by atoms with van der Waals surface area (Å²) in [4.78, 5) is 11.4. The molecule has 0 spiro atoms. The first-order chi connectivity index (χ1) is 15.4. The highest BCUT2D eigenvalue weighted by Gasteiger charge is 2.35. The Labute approximate surface area is 188 Å². The number of hydrogen-bond donors (Lipinski definition) is 4. The van der Waals surface area contributed by atoms with Crippen LogP contribution in [0.25, 0.3) is 10.9 Å². The van der Waals surface area contributed by atoms with E-state index in [0.717, 1.165) is 11.8 Å². The quantitative estimate of drug-likeness (QED) is 0.393. The van der Waals surface area contributed by atoms with E-state index < -0.39 is 47.0 Å². The number of anilines is 1. The molecule has 3 atom stereocenters. The number of aromatic nitrogens is 1. The summed E-state index contributed by atoms with van der Waals surface area (Å²) in [6.45, 7) is -0.308. The zero-order valence-electron chi connectivity index (χ0n) is 17.8. The molecule has 1 saturated heterocycles. The van der Waals surface area contributed by atoms with Crippen molar-refractivity contribution in [2.45, 2.75) is 50.3 Å². The number of nitrogens with one attached hydrogen (secondary N) is 2. The fourth-order valence-corrected chi connectivity index (χ4v) is 4.40. The van der Waals surface area contributed by atoms with Gasteiger partial charge >= 0.3 is 6.18 Å². The fraction of sp³-hybridized carbons (Fsp3) is 0.550. The van der Waals surface area contributed by atoms with Gasteiger partial charge < -0.3 is 24.8 Å². The van der Waals surface area contributed by atoms with Gasteiger partial charge in [0, 0.05) is 30.2 Å². The Kier molecular flexibility index (Phi) is 7.56. The van der Waals surface area contributed by atoms with E-state index in [4.69, 9.17) is 4.74 Å². The van der Waals surface area contributed by atoms with Crippen LogP contribution in [-0.2, 0) is 26.0 Å². The average molecular weight is 494 g/mol. The summed E-state index contributed by atoms with van der Waals surface area (Å²) < 4.78 is 70.0. The minimum Gasteiger partial charge on any atom is -0.394 e. The van der Waals surface area contributed by atoms with E-state index in [0.29, 0.717) is 29.4 Å². The fourth-order valence-electron chi connectivity index (χ4n) is 3.84. The van der Waals surface area contributed by atoms with E-state index in [1.165, 1.54) is 0 Å². The van der Waals surface area contributed by atoms with Crippen LogP contribution in [0.2, 0.25) is 0 Å². The largest absolute Gasteiger partial charge is 0.397 e. The maximum Gasteiger partial charge on any atom is 0.397 e. The Balaban J connectivity index is 1.81. The molecule has 1 aromatic heterocycles. The Bertz CT molecular complexity index is 1100. The number of fused-ring (bicyclic) bond motifs is 1. The molecule has 0 aliphatic carbocycles. The molecule has 0 saturated carbocycles. The molecule has 3 rings (SSSR count). The number of carbonyl (C=O) groups excluding carboxylic acids is 1. The highest BCUT2D eigenvalue weighted by Crippen LogP contribution is 2.35. The number of rotatable bonds is 9. The molecular formula is C20H26F3N3O6S. The number of nitrogens with zero attached hydrogens (tertiary/aromatic N) is 1. The van der Waals surface area contributed by atoms with Crippen molar-refractivity contribution in [1.82, 2.24) is 9.88 Å². The van der Waals surface area contributed by atoms with Crippen LogP contribution >= 0.6 is 0 Å². The number of amides is 1. The summed E-state index contributed by atoms with van der Waals surface area (Å²) in [6, 6.07) is 4.91. The lowest BCUT2D eigenvalue weighted by atomic mass is 10.1. The second kappa shape index (κ2) is 9.87. The molecule has 4 N–H and O–H groups in total. The second-order valence-electron chi connectivity index (χ2n) is 8.03. The second-order valence-corrected chi connectivity index (χ2v) is 9.78. The third-order valence-corrected chi connectivity index (χ3v) is 5.83. The van der Waals surface area contributed by atoms with Crippen LogP contribution in [0.1, 0.15) is 31.1 Å². The minimum atomic E-state index is -4.57. The normalized spacial score (nSPS) is 21.5. The Morgan fingerprint density at radius 1 is 1.33 bits per heavy atom. The van der Waals surface area contributed by atoms with E-state index in [2.05, 4.69) is 10.0 Å². The molecule has 1 aliphatic heterocycles. The van der Waals surface area contributed by atoms with Gasteiger partial charge in [-0.3, -0.25) is 9.52 Å². The number of carbonyl (C=O) groups is 1. The highest BCUT2D eigenvalue weighted by atomic mass is 32.2. The van der Waals surface area contributed by atoms with E-state index in [-0.39, 0.29) is 19.6 Å². The molecule has 3 unspecified atom stereocenters. The average Bonchev–Trinajstić information content (AvgIpc) is 3.22. The van der Waals surface area contributed by atoms with E-state index in [9.17, 15) is 36.6 Å². The zero-order valence-corrected chi connectivity index (χ0v) is 18.6. The van der Waals surface area contributed by atoms with E-state index in [1.807, 2.05) is 0 Å². The van der Waals surface area contributed by atoms with Gasteiger partial charge in [0.05, 0.1) is 24.5 Å². The highest BCUT2D eigenvalue weighted by molar-refractivity contribution is 7.92. The number of aryl methyl sites for hydroxylation is 1. The number of alkyl halides is 3. The van der Waals surface area contributed by atoms with Gasteiger partial charge in [-0.1, -0.05) is 0 Å². The predicted octanol–water partition coefficient (Wildman–Crippen LogP) is 1.65. The lowest BCUT2D eigenvalue weighted by Crippen LogP contribution is -2.29. The monoisotopic (exact) mass is 493 g/mol. The predicted molar refractivity (Wildman–Crippen MR) is 114 cm³/mol. The number of sulfonamides is 1. The topological polar surface area (TPSA) is 130 Å². The minimum absolute atomic E-state index is 0.0358. The molecule has 13 heteroatoms. The summed E-state index contributed by atoms with van der Waals surface area (Å²) in [5, 5.41) is 22.4. The molecule has 33 heavy (non-hydrogen) atoms. The summed E-state index contributed by atoms with van der Waals surface area (Å²) in [7, 11) is -3.51. The van der Waals surface area contributed by atoms with Crippen LogP contribution in [-0.4, -0.2) is 66.9 Å². The molecule has 2 aromatic rings. The van der Waals surface area contributed by atoms with Crippen LogP contribution in [0.3, 0.4) is 0 Å². The van der Waals surface area contributed by atoms with Crippen molar-refractivity contribution in [3.63, 3.8) is 0 Å². The number of halogens is 3. The molecule has 9 nitrogen and oxygen atoms in total. The third-order valence-electron chi connectivity index (χ3n) is 5.22. The molecule has 1 amide bonds.